The SMILES string of the molecule is CCN(Cc1cccc(NC(=O)CCc2cc(OC)ccc2OC)c1)C(C)=O. The summed E-state index contributed by atoms with van der Waals surface area (Å²) in [4.78, 5) is 25.7. The number of anilines is 1. The number of aryl methyl sites for hydroxylation is 1. The molecular formula is C22H28N2O4. The van der Waals surface area contributed by atoms with Crippen LogP contribution < -0.4 is 14.8 Å². The van der Waals surface area contributed by atoms with Gasteiger partial charge in [-0.2, -0.15) is 0 Å². The summed E-state index contributed by atoms with van der Waals surface area (Å²) in [6.07, 6.45) is 0.863. The minimum atomic E-state index is -0.0825. The molecule has 1 N–H and O–H groups in total. The highest BCUT2D eigenvalue weighted by atomic mass is 16.5. The predicted molar refractivity (Wildman–Crippen MR) is 110 cm³/mol. The van der Waals surface area contributed by atoms with Gasteiger partial charge in [0.1, 0.15) is 11.5 Å². The van der Waals surface area contributed by atoms with Gasteiger partial charge in [-0.1, -0.05) is 12.1 Å². The molecule has 0 spiro atoms. The Morgan fingerprint density at radius 1 is 1.07 bits per heavy atom. The summed E-state index contributed by atoms with van der Waals surface area (Å²) in [7, 11) is 3.22. The molecule has 0 aromatic heterocycles. The fourth-order valence-electron chi connectivity index (χ4n) is 2.96. The number of hydrogen-bond donors (Lipinski definition) is 1. The van der Waals surface area contributed by atoms with Gasteiger partial charge in [-0.25, -0.2) is 0 Å². The van der Waals surface area contributed by atoms with Crippen LogP contribution in [0.15, 0.2) is 42.5 Å². The van der Waals surface area contributed by atoms with Crippen molar-refractivity contribution < 1.29 is 19.1 Å². The number of nitrogens with one attached hydrogen (secondary N) is 1. The summed E-state index contributed by atoms with van der Waals surface area (Å²) in [6, 6.07) is 13.1. The second kappa shape index (κ2) is 10.3. The van der Waals surface area contributed by atoms with E-state index in [0.717, 1.165) is 28.3 Å². The molecule has 0 saturated carbocycles. The molecule has 28 heavy (non-hydrogen) atoms. The quantitative estimate of drug-likeness (QED) is 0.717. The third kappa shape index (κ3) is 6.01. The van der Waals surface area contributed by atoms with Gasteiger partial charge in [-0.3, -0.25) is 9.59 Å². The Bertz CT molecular complexity index is 820. The lowest BCUT2D eigenvalue weighted by Crippen LogP contribution is -2.27. The molecule has 2 aromatic carbocycles. The van der Waals surface area contributed by atoms with Gasteiger partial charge in [0.2, 0.25) is 11.8 Å². The van der Waals surface area contributed by atoms with E-state index < -0.39 is 0 Å². The zero-order valence-electron chi connectivity index (χ0n) is 17.0. The Labute approximate surface area is 166 Å². The lowest BCUT2D eigenvalue weighted by atomic mass is 10.1. The molecule has 150 valence electrons. The molecular weight excluding hydrogens is 356 g/mol. The first kappa shape index (κ1) is 21.3. The summed E-state index contributed by atoms with van der Waals surface area (Å²) in [5.74, 6) is 1.42. The van der Waals surface area contributed by atoms with Gasteiger partial charge in [0.05, 0.1) is 14.2 Å². The Morgan fingerprint density at radius 2 is 1.86 bits per heavy atom. The van der Waals surface area contributed by atoms with Crippen LogP contribution in [-0.2, 0) is 22.6 Å². The minimum absolute atomic E-state index is 0.0316. The predicted octanol–water partition coefficient (Wildman–Crippen LogP) is 3.64. The zero-order valence-corrected chi connectivity index (χ0v) is 17.0. The zero-order chi connectivity index (χ0) is 20.5. The van der Waals surface area contributed by atoms with E-state index in [1.54, 1.807) is 26.0 Å². The van der Waals surface area contributed by atoms with Crippen molar-refractivity contribution in [2.24, 2.45) is 0 Å². The molecule has 0 aliphatic heterocycles. The molecule has 0 atom stereocenters. The van der Waals surface area contributed by atoms with Crippen LogP contribution in [0.25, 0.3) is 0 Å². The van der Waals surface area contributed by atoms with Crippen molar-refractivity contribution >= 4 is 17.5 Å². The van der Waals surface area contributed by atoms with Gasteiger partial charge in [0.15, 0.2) is 0 Å². The van der Waals surface area contributed by atoms with Crippen LogP contribution in [0, 0.1) is 0 Å². The summed E-state index contributed by atoms with van der Waals surface area (Å²) in [5.41, 5.74) is 2.62. The van der Waals surface area contributed by atoms with Crippen molar-refractivity contribution in [3.8, 4) is 11.5 Å². The van der Waals surface area contributed by atoms with E-state index in [1.165, 1.54) is 0 Å². The van der Waals surface area contributed by atoms with E-state index >= 15 is 0 Å². The molecule has 2 amide bonds. The van der Waals surface area contributed by atoms with Crippen molar-refractivity contribution in [1.82, 2.24) is 4.90 Å². The lowest BCUT2D eigenvalue weighted by molar-refractivity contribution is -0.129. The van der Waals surface area contributed by atoms with Gasteiger partial charge in [0, 0.05) is 32.1 Å². The van der Waals surface area contributed by atoms with Crippen LogP contribution in [0.3, 0.4) is 0 Å². The maximum absolute atomic E-state index is 12.4. The van der Waals surface area contributed by atoms with E-state index in [-0.39, 0.29) is 11.8 Å². The number of rotatable bonds is 9. The van der Waals surface area contributed by atoms with Crippen LogP contribution in [0.2, 0.25) is 0 Å². The van der Waals surface area contributed by atoms with Crippen molar-refractivity contribution in [3.63, 3.8) is 0 Å². The van der Waals surface area contributed by atoms with Crippen molar-refractivity contribution in [2.45, 2.75) is 33.2 Å². The molecule has 2 rings (SSSR count). The van der Waals surface area contributed by atoms with Gasteiger partial charge in [0.25, 0.3) is 0 Å². The molecule has 6 nitrogen and oxygen atoms in total. The number of methoxy groups -OCH3 is 2. The molecule has 0 unspecified atom stereocenters. The number of carbonyl (C=O) groups excluding carboxylic acids is 2. The van der Waals surface area contributed by atoms with Crippen molar-refractivity contribution in [3.05, 3.63) is 53.6 Å². The molecule has 0 radical (unpaired) electrons. The van der Waals surface area contributed by atoms with Crippen LogP contribution in [0.1, 0.15) is 31.4 Å². The van der Waals surface area contributed by atoms with Gasteiger partial charge in [-0.15, -0.1) is 0 Å². The van der Waals surface area contributed by atoms with Gasteiger partial charge < -0.3 is 19.7 Å². The molecule has 0 fully saturated rings. The summed E-state index contributed by atoms with van der Waals surface area (Å²) in [5, 5.41) is 2.92. The average molecular weight is 384 g/mol. The van der Waals surface area contributed by atoms with Crippen molar-refractivity contribution in [2.75, 3.05) is 26.1 Å². The van der Waals surface area contributed by atoms with Crippen LogP contribution in [-0.4, -0.2) is 37.5 Å². The number of benzene rings is 2. The topological polar surface area (TPSA) is 67.9 Å². The summed E-state index contributed by atoms with van der Waals surface area (Å²) >= 11 is 0. The smallest absolute Gasteiger partial charge is 0.224 e. The second-order valence-corrected chi connectivity index (χ2v) is 6.46. The first-order chi connectivity index (χ1) is 13.5. The first-order valence-electron chi connectivity index (χ1n) is 9.32. The molecule has 2 aromatic rings. The number of ether oxygens (including phenoxy) is 2. The molecule has 0 saturated heterocycles. The third-order valence-electron chi connectivity index (χ3n) is 4.52. The summed E-state index contributed by atoms with van der Waals surface area (Å²) in [6.45, 7) is 4.67. The maximum Gasteiger partial charge on any atom is 0.224 e. The van der Waals surface area contributed by atoms with Gasteiger partial charge in [-0.05, 0) is 54.8 Å². The van der Waals surface area contributed by atoms with Gasteiger partial charge >= 0.3 is 0 Å². The third-order valence-corrected chi connectivity index (χ3v) is 4.52. The monoisotopic (exact) mass is 384 g/mol. The number of amides is 2. The Hall–Kier alpha value is -3.02. The van der Waals surface area contributed by atoms with E-state index in [9.17, 15) is 9.59 Å². The number of hydrogen-bond acceptors (Lipinski definition) is 4. The fraction of sp³-hybridized carbons (Fsp3) is 0.364. The lowest BCUT2D eigenvalue weighted by Gasteiger charge is -2.19. The van der Waals surface area contributed by atoms with Crippen LogP contribution in [0.5, 0.6) is 11.5 Å². The number of nitrogens with zero attached hydrogens (tertiary/aromatic N) is 1. The molecule has 0 heterocycles. The second-order valence-electron chi connectivity index (χ2n) is 6.46. The normalized spacial score (nSPS) is 10.3. The average Bonchev–Trinajstić information content (AvgIpc) is 2.70. The highest BCUT2D eigenvalue weighted by molar-refractivity contribution is 5.91. The van der Waals surface area contributed by atoms with Crippen molar-refractivity contribution in [1.29, 1.82) is 0 Å². The van der Waals surface area contributed by atoms with E-state index in [4.69, 9.17) is 9.47 Å². The molecule has 0 bridgehead atoms. The Kier molecular flexibility index (Phi) is 7.87. The summed E-state index contributed by atoms with van der Waals surface area (Å²) < 4.78 is 10.6. The molecule has 6 heteroatoms. The van der Waals surface area contributed by atoms with Crippen LogP contribution in [0.4, 0.5) is 5.69 Å². The Morgan fingerprint density at radius 3 is 2.50 bits per heavy atom. The Balaban J connectivity index is 1.98. The molecule has 0 aliphatic carbocycles. The fourth-order valence-corrected chi connectivity index (χ4v) is 2.96. The van der Waals surface area contributed by atoms with E-state index in [1.807, 2.05) is 49.4 Å². The first-order valence-corrected chi connectivity index (χ1v) is 9.32. The van der Waals surface area contributed by atoms with E-state index in [0.29, 0.717) is 25.9 Å². The largest absolute Gasteiger partial charge is 0.497 e. The number of carbonyl (C=O) groups is 2. The minimum Gasteiger partial charge on any atom is -0.497 e. The maximum atomic E-state index is 12.4. The highest BCUT2D eigenvalue weighted by Gasteiger charge is 2.10. The van der Waals surface area contributed by atoms with E-state index in [2.05, 4.69) is 5.32 Å². The standard InChI is InChI=1S/C22H28N2O4/c1-5-24(16(2)25)15-17-7-6-8-19(13-17)23-22(26)12-9-18-14-20(27-3)10-11-21(18)28-4/h6-8,10-11,13-14H,5,9,12,15H2,1-4H3,(H,23,26). The molecule has 0 aliphatic rings. The highest BCUT2D eigenvalue weighted by Crippen LogP contribution is 2.25. The van der Waals surface area contributed by atoms with Crippen LogP contribution >= 0.6 is 0 Å².